The minimum absolute atomic E-state index is 0.0830. The van der Waals surface area contributed by atoms with Crippen molar-refractivity contribution in [1.82, 2.24) is 10.1 Å². The Morgan fingerprint density at radius 2 is 2.00 bits per heavy atom. The van der Waals surface area contributed by atoms with Gasteiger partial charge in [0.25, 0.3) is 0 Å². The number of aromatic nitrogens is 1. The Morgan fingerprint density at radius 1 is 1.33 bits per heavy atom. The summed E-state index contributed by atoms with van der Waals surface area (Å²) in [5.41, 5.74) is 0.288. The standard InChI is InChI=1S/C17H27N3O4/c1-16(2,3)10-11-9-13(24-19-11)18-14(21)12-7-8-20(12)15(22)23-17(4,5)6/h9,12H,7-8,10H2,1-6H3,(H,18,21)/t12-/m0/s1. The molecule has 24 heavy (non-hydrogen) atoms. The fraction of sp³-hybridized carbons (Fsp3) is 0.706. The number of nitrogens with one attached hydrogen (secondary N) is 1. The average Bonchev–Trinajstić information content (AvgIpc) is 2.68. The molecule has 1 aromatic heterocycles. The van der Waals surface area contributed by atoms with Crippen molar-refractivity contribution >= 4 is 17.9 Å². The predicted molar refractivity (Wildman–Crippen MR) is 89.6 cm³/mol. The van der Waals surface area contributed by atoms with Gasteiger partial charge in [-0.25, -0.2) is 4.79 Å². The number of likely N-dealkylation sites (tertiary alicyclic amines) is 1. The summed E-state index contributed by atoms with van der Waals surface area (Å²) in [6.45, 7) is 12.2. The normalized spacial score (nSPS) is 18.1. The van der Waals surface area contributed by atoms with Crippen molar-refractivity contribution in [2.24, 2.45) is 5.41 Å². The van der Waals surface area contributed by atoms with Crippen molar-refractivity contribution in [2.45, 2.75) is 66.0 Å². The lowest BCUT2D eigenvalue weighted by molar-refractivity contribution is -0.125. The Labute approximate surface area is 142 Å². The first kappa shape index (κ1) is 18.3. The van der Waals surface area contributed by atoms with Crippen LogP contribution in [0, 0.1) is 5.41 Å². The van der Waals surface area contributed by atoms with Crippen molar-refractivity contribution < 1.29 is 18.8 Å². The van der Waals surface area contributed by atoms with Gasteiger partial charge in [-0.15, -0.1) is 0 Å². The van der Waals surface area contributed by atoms with Crippen LogP contribution < -0.4 is 5.32 Å². The number of carbonyl (C=O) groups is 2. The monoisotopic (exact) mass is 337 g/mol. The molecule has 1 aromatic rings. The van der Waals surface area contributed by atoms with Crippen molar-refractivity contribution in [3.63, 3.8) is 0 Å². The molecule has 1 atom stereocenters. The molecule has 0 aromatic carbocycles. The molecule has 7 heteroatoms. The van der Waals surface area contributed by atoms with Crippen LogP contribution in [-0.4, -0.2) is 40.2 Å². The predicted octanol–water partition coefficient (Wildman–Crippen LogP) is 3.21. The van der Waals surface area contributed by atoms with Gasteiger partial charge in [0, 0.05) is 12.6 Å². The molecule has 1 saturated heterocycles. The maximum Gasteiger partial charge on any atom is 0.410 e. The minimum Gasteiger partial charge on any atom is -0.444 e. The van der Waals surface area contributed by atoms with Gasteiger partial charge in [-0.05, 0) is 39.0 Å². The van der Waals surface area contributed by atoms with E-state index in [-0.39, 0.29) is 11.3 Å². The molecule has 1 aliphatic rings. The van der Waals surface area contributed by atoms with Gasteiger partial charge < -0.3 is 9.26 Å². The Kier molecular flexibility index (Phi) is 4.92. The molecule has 0 aliphatic carbocycles. The number of amides is 2. The van der Waals surface area contributed by atoms with Gasteiger partial charge in [-0.3, -0.25) is 15.0 Å². The fourth-order valence-corrected chi connectivity index (χ4v) is 2.40. The van der Waals surface area contributed by atoms with Crippen LogP contribution in [0.4, 0.5) is 10.7 Å². The van der Waals surface area contributed by atoms with Crippen LogP contribution in [0.25, 0.3) is 0 Å². The molecule has 0 unspecified atom stereocenters. The zero-order valence-corrected chi connectivity index (χ0v) is 15.3. The summed E-state index contributed by atoms with van der Waals surface area (Å²) in [4.78, 5) is 25.8. The second-order valence-corrected chi connectivity index (χ2v) is 8.39. The Bertz CT molecular complexity index is 610. The highest BCUT2D eigenvalue weighted by atomic mass is 16.6. The Morgan fingerprint density at radius 3 is 2.50 bits per heavy atom. The minimum atomic E-state index is -0.583. The van der Waals surface area contributed by atoms with Crippen LogP contribution in [0.1, 0.15) is 53.7 Å². The van der Waals surface area contributed by atoms with E-state index in [9.17, 15) is 9.59 Å². The number of nitrogens with zero attached hydrogens (tertiary/aromatic N) is 2. The number of ether oxygens (including phenoxy) is 1. The van der Waals surface area contributed by atoms with Crippen molar-refractivity contribution in [3.8, 4) is 0 Å². The van der Waals surface area contributed by atoms with E-state index in [0.717, 1.165) is 12.1 Å². The summed E-state index contributed by atoms with van der Waals surface area (Å²) in [5.74, 6) is 0.0147. The van der Waals surface area contributed by atoms with Crippen LogP contribution in [0.2, 0.25) is 0 Å². The average molecular weight is 337 g/mol. The SMILES string of the molecule is CC(C)(C)Cc1cc(NC(=O)[C@@H]2CCN2C(=O)OC(C)(C)C)on1. The first-order chi connectivity index (χ1) is 10.9. The van der Waals surface area contributed by atoms with Gasteiger partial charge in [0.2, 0.25) is 11.8 Å². The third kappa shape index (κ3) is 4.97. The number of anilines is 1. The van der Waals surface area contributed by atoms with Crippen LogP contribution in [0.5, 0.6) is 0 Å². The molecular formula is C17H27N3O4. The maximum atomic E-state index is 12.3. The van der Waals surface area contributed by atoms with Gasteiger partial charge in [-0.1, -0.05) is 25.9 Å². The number of hydrogen-bond acceptors (Lipinski definition) is 5. The summed E-state index contributed by atoms with van der Waals surface area (Å²) in [7, 11) is 0. The molecule has 1 aliphatic heterocycles. The third-order valence-corrected chi connectivity index (χ3v) is 3.47. The van der Waals surface area contributed by atoms with Gasteiger partial charge in [0.1, 0.15) is 11.6 Å². The fourth-order valence-electron chi connectivity index (χ4n) is 2.40. The molecule has 0 saturated carbocycles. The zero-order valence-electron chi connectivity index (χ0n) is 15.3. The molecule has 7 nitrogen and oxygen atoms in total. The zero-order chi connectivity index (χ0) is 18.1. The molecule has 2 heterocycles. The van der Waals surface area contributed by atoms with Gasteiger partial charge in [0.05, 0.1) is 5.69 Å². The van der Waals surface area contributed by atoms with Crippen LogP contribution in [0.15, 0.2) is 10.6 Å². The van der Waals surface area contributed by atoms with Crippen molar-refractivity contribution in [3.05, 3.63) is 11.8 Å². The summed E-state index contributed by atoms with van der Waals surface area (Å²) in [5, 5.41) is 6.65. The first-order valence-electron chi connectivity index (χ1n) is 8.21. The summed E-state index contributed by atoms with van der Waals surface area (Å²) >= 11 is 0. The van der Waals surface area contributed by atoms with E-state index < -0.39 is 17.7 Å². The Hall–Kier alpha value is -2.05. The quantitative estimate of drug-likeness (QED) is 0.915. The van der Waals surface area contributed by atoms with Crippen LogP contribution >= 0.6 is 0 Å². The van der Waals surface area contributed by atoms with Crippen LogP contribution in [-0.2, 0) is 16.0 Å². The van der Waals surface area contributed by atoms with Crippen LogP contribution in [0.3, 0.4) is 0 Å². The van der Waals surface area contributed by atoms with Crippen molar-refractivity contribution in [2.75, 3.05) is 11.9 Å². The summed E-state index contributed by atoms with van der Waals surface area (Å²) < 4.78 is 10.5. The summed E-state index contributed by atoms with van der Waals surface area (Å²) in [6, 6.07) is 1.19. The molecule has 1 N–H and O–H groups in total. The largest absolute Gasteiger partial charge is 0.444 e. The number of rotatable bonds is 3. The van der Waals surface area contributed by atoms with Gasteiger partial charge in [-0.2, -0.15) is 0 Å². The van der Waals surface area contributed by atoms with E-state index >= 15 is 0 Å². The van der Waals surface area contributed by atoms with E-state index in [1.807, 2.05) is 0 Å². The highest BCUT2D eigenvalue weighted by Gasteiger charge is 2.40. The van der Waals surface area contributed by atoms with E-state index in [4.69, 9.17) is 9.26 Å². The highest BCUT2D eigenvalue weighted by Crippen LogP contribution is 2.24. The second-order valence-electron chi connectivity index (χ2n) is 8.39. The van der Waals surface area contributed by atoms with E-state index in [2.05, 4.69) is 31.2 Å². The van der Waals surface area contributed by atoms with E-state index in [1.54, 1.807) is 26.8 Å². The molecule has 1 fully saturated rings. The molecule has 0 spiro atoms. The smallest absolute Gasteiger partial charge is 0.410 e. The topological polar surface area (TPSA) is 84.7 Å². The lowest BCUT2D eigenvalue weighted by Crippen LogP contribution is -2.57. The highest BCUT2D eigenvalue weighted by molar-refractivity contribution is 5.96. The number of hydrogen-bond donors (Lipinski definition) is 1. The van der Waals surface area contributed by atoms with Gasteiger partial charge >= 0.3 is 6.09 Å². The second kappa shape index (κ2) is 6.45. The number of carbonyl (C=O) groups excluding carboxylic acids is 2. The molecule has 2 amide bonds. The van der Waals surface area contributed by atoms with Crippen molar-refractivity contribution in [1.29, 1.82) is 0 Å². The maximum absolute atomic E-state index is 12.3. The van der Waals surface area contributed by atoms with E-state index in [0.29, 0.717) is 18.8 Å². The molecule has 134 valence electrons. The molecular weight excluding hydrogens is 310 g/mol. The third-order valence-electron chi connectivity index (χ3n) is 3.47. The Balaban J connectivity index is 1.92. The molecule has 2 rings (SSSR count). The van der Waals surface area contributed by atoms with E-state index in [1.165, 1.54) is 4.90 Å². The first-order valence-corrected chi connectivity index (χ1v) is 8.21. The van der Waals surface area contributed by atoms with Gasteiger partial charge in [0.15, 0.2) is 0 Å². The summed E-state index contributed by atoms with van der Waals surface area (Å²) in [6.07, 6.45) is 0.883. The lowest BCUT2D eigenvalue weighted by atomic mass is 9.91. The lowest BCUT2D eigenvalue weighted by Gasteiger charge is -2.39. The molecule has 0 bridgehead atoms. The molecule has 0 radical (unpaired) electrons.